The number of ketones is 1. The summed E-state index contributed by atoms with van der Waals surface area (Å²) in [6.07, 6.45) is 7.01. The number of rotatable bonds is 5. The minimum atomic E-state index is 0.346. The second-order valence-corrected chi connectivity index (χ2v) is 5.10. The highest BCUT2D eigenvalue weighted by Crippen LogP contribution is 2.29. The number of hydrogen-bond acceptors (Lipinski definition) is 2. The van der Waals surface area contributed by atoms with Crippen LogP contribution in [0.2, 0.25) is 0 Å². The molecule has 1 heterocycles. The summed E-state index contributed by atoms with van der Waals surface area (Å²) < 4.78 is 1.91. The molecule has 1 aliphatic rings. The van der Waals surface area contributed by atoms with Gasteiger partial charge in [-0.15, -0.1) is 0 Å². The van der Waals surface area contributed by atoms with Crippen LogP contribution >= 0.6 is 0 Å². The quantitative estimate of drug-likeness (QED) is 0.764. The monoisotopic (exact) mass is 220 g/mol. The van der Waals surface area contributed by atoms with Gasteiger partial charge in [-0.3, -0.25) is 9.48 Å². The fourth-order valence-electron chi connectivity index (χ4n) is 2.05. The van der Waals surface area contributed by atoms with Crippen LogP contribution in [0.4, 0.5) is 0 Å². The molecule has 2 rings (SSSR count). The van der Waals surface area contributed by atoms with Crippen LogP contribution in [0.3, 0.4) is 0 Å². The van der Waals surface area contributed by atoms with Gasteiger partial charge in [0, 0.05) is 18.7 Å². The lowest BCUT2D eigenvalue weighted by Crippen LogP contribution is -2.17. The number of carbonyl (C=O) groups is 1. The Balaban J connectivity index is 1.85. The van der Waals surface area contributed by atoms with Gasteiger partial charge in [0.1, 0.15) is 5.78 Å². The fourth-order valence-corrected chi connectivity index (χ4v) is 2.05. The maximum Gasteiger partial charge on any atom is 0.139 e. The third kappa shape index (κ3) is 2.71. The predicted octanol–water partition coefficient (Wildman–Crippen LogP) is 2.77. The summed E-state index contributed by atoms with van der Waals surface area (Å²) >= 11 is 0. The molecular formula is C13H20N2O. The Morgan fingerprint density at radius 1 is 1.56 bits per heavy atom. The highest BCUT2D eigenvalue weighted by molar-refractivity contribution is 5.80. The topological polar surface area (TPSA) is 34.9 Å². The molecular weight excluding hydrogens is 200 g/mol. The molecule has 0 bridgehead atoms. The number of hydrogen-bond donors (Lipinski definition) is 0. The Labute approximate surface area is 96.8 Å². The van der Waals surface area contributed by atoms with E-state index in [9.17, 15) is 4.79 Å². The van der Waals surface area contributed by atoms with Crippen LogP contribution in [0.1, 0.15) is 51.3 Å². The van der Waals surface area contributed by atoms with Crippen LogP contribution in [-0.4, -0.2) is 15.6 Å². The van der Waals surface area contributed by atoms with Gasteiger partial charge in [0.2, 0.25) is 0 Å². The summed E-state index contributed by atoms with van der Waals surface area (Å²) in [5.74, 6) is 1.01. The van der Waals surface area contributed by atoms with Crippen molar-refractivity contribution in [2.45, 2.75) is 52.0 Å². The Kier molecular flexibility index (Phi) is 3.42. The average molecular weight is 220 g/mol. The van der Waals surface area contributed by atoms with Crippen LogP contribution in [0.25, 0.3) is 0 Å². The van der Waals surface area contributed by atoms with E-state index in [1.165, 1.54) is 19.3 Å². The van der Waals surface area contributed by atoms with Crippen molar-refractivity contribution in [1.29, 1.82) is 0 Å². The lowest BCUT2D eigenvalue weighted by Gasteiger charge is -2.24. The predicted molar refractivity (Wildman–Crippen MR) is 63.3 cm³/mol. The van der Waals surface area contributed by atoms with Crippen molar-refractivity contribution in [2.24, 2.45) is 5.92 Å². The van der Waals surface area contributed by atoms with Crippen molar-refractivity contribution in [3.05, 3.63) is 18.0 Å². The van der Waals surface area contributed by atoms with E-state index < -0.39 is 0 Å². The third-order valence-electron chi connectivity index (χ3n) is 3.31. The molecule has 88 valence electrons. The molecule has 0 aliphatic heterocycles. The Bertz CT molecular complexity index is 364. The van der Waals surface area contributed by atoms with Crippen molar-refractivity contribution >= 4 is 5.78 Å². The Morgan fingerprint density at radius 2 is 2.31 bits per heavy atom. The maximum atomic E-state index is 11.7. The van der Waals surface area contributed by atoms with Crippen LogP contribution < -0.4 is 0 Å². The largest absolute Gasteiger partial charge is 0.299 e. The van der Waals surface area contributed by atoms with Crippen LogP contribution in [0, 0.1) is 5.92 Å². The number of Topliss-reactive ketones (excluding diaryl/α,β-unsaturated/α-hetero) is 1. The van der Waals surface area contributed by atoms with Gasteiger partial charge in [-0.2, -0.15) is 5.10 Å². The minimum Gasteiger partial charge on any atom is -0.299 e. The molecule has 0 radical (unpaired) electrons. The van der Waals surface area contributed by atoms with Gasteiger partial charge in [-0.25, -0.2) is 0 Å². The molecule has 1 aromatic heterocycles. The van der Waals surface area contributed by atoms with Gasteiger partial charge in [0.15, 0.2) is 0 Å². The molecule has 0 amide bonds. The minimum absolute atomic E-state index is 0.346. The van der Waals surface area contributed by atoms with Crippen LogP contribution in [-0.2, 0) is 11.2 Å². The highest BCUT2D eigenvalue weighted by atomic mass is 16.1. The van der Waals surface area contributed by atoms with Crippen molar-refractivity contribution in [3.8, 4) is 0 Å². The van der Waals surface area contributed by atoms with Crippen LogP contribution in [0.5, 0.6) is 0 Å². The molecule has 0 aromatic carbocycles. The van der Waals surface area contributed by atoms with Gasteiger partial charge in [-0.1, -0.05) is 19.3 Å². The number of nitrogens with zero attached hydrogens (tertiary/aromatic N) is 2. The molecule has 0 unspecified atom stereocenters. The normalized spacial score (nSPS) is 16.4. The average Bonchev–Trinajstić information content (AvgIpc) is 2.60. The van der Waals surface area contributed by atoms with Gasteiger partial charge >= 0.3 is 0 Å². The lowest BCUT2D eigenvalue weighted by atomic mass is 9.81. The smallest absolute Gasteiger partial charge is 0.139 e. The van der Waals surface area contributed by atoms with E-state index in [1.807, 2.05) is 16.9 Å². The first-order valence-corrected chi connectivity index (χ1v) is 6.21. The first-order chi connectivity index (χ1) is 7.65. The summed E-state index contributed by atoms with van der Waals surface area (Å²) in [7, 11) is 0. The van der Waals surface area contributed by atoms with E-state index in [0.717, 1.165) is 12.1 Å². The Hall–Kier alpha value is -1.12. The van der Waals surface area contributed by atoms with Gasteiger partial charge in [0.05, 0.1) is 12.1 Å². The zero-order valence-electron chi connectivity index (χ0n) is 10.1. The van der Waals surface area contributed by atoms with E-state index in [2.05, 4.69) is 18.9 Å². The zero-order chi connectivity index (χ0) is 11.5. The summed E-state index contributed by atoms with van der Waals surface area (Å²) in [6.45, 7) is 4.18. The molecule has 0 spiro atoms. The third-order valence-corrected chi connectivity index (χ3v) is 3.31. The Morgan fingerprint density at radius 3 is 2.81 bits per heavy atom. The SMILES string of the molecule is CC(C)n1ccc(CC(=O)CC2CCC2)n1. The summed E-state index contributed by atoms with van der Waals surface area (Å²) in [5, 5.41) is 4.40. The highest BCUT2D eigenvalue weighted by Gasteiger charge is 2.20. The first kappa shape index (κ1) is 11.4. The molecule has 0 atom stereocenters. The molecule has 3 nitrogen and oxygen atoms in total. The van der Waals surface area contributed by atoms with Crippen molar-refractivity contribution < 1.29 is 4.79 Å². The molecule has 1 aliphatic carbocycles. The standard InChI is InChI=1S/C13H20N2O/c1-10(2)15-7-6-12(14-15)9-13(16)8-11-4-3-5-11/h6-7,10-11H,3-5,8-9H2,1-2H3. The number of carbonyl (C=O) groups excluding carboxylic acids is 1. The van der Waals surface area contributed by atoms with Gasteiger partial charge < -0.3 is 0 Å². The maximum absolute atomic E-state index is 11.7. The molecule has 1 aromatic rings. The van der Waals surface area contributed by atoms with Crippen molar-refractivity contribution in [2.75, 3.05) is 0 Å². The van der Waals surface area contributed by atoms with Gasteiger partial charge in [0.25, 0.3) is 0 Å². The molecule has 0 N–H and O–H groups in total. The molecule has 16 heavy (non-hydrogen) atoms. The molecule has 1 fully saturated rings. The van der Waals surface area contributed by atoms with E-state index in [1.54, 1.807) is 0 Å². The summed E-state index contributed by atoms with van der Waals surface area (Å²) in [4.78, 5) is 11.7. The van der Waals surface area contributed by atoms with Crippen LogP contribution in [0.15, 0.2) is 12.3 Å². The molecule has 3 heteroatoms. The van der Waals surface area contributed by atoms with E-state index in [0.29, 0.717) is 24.2 Å². The summed E-state index contributed by atoms with van der Waals surface area (Å²) in [5.41, 5.74) is 0.915. The van der Waals surface area contributed by atoms with E-state index >= 15 is 0 Å². The molecule has 1 saturated carbocycles. The van der Waals surface area contributed by atoms with Gasteiger partial charge in [-0.05, 0) is 25.8 Å². The van der Waals surface area contributed by atoms with E-state index in [-0.39, 0.29) is 0 Å². The van der Waals surface area contributed by atoms with E-state index in [4.69, 9.17) is 0 Å². The fraction of sp³-hybridized carbons (Fsp3) is 0.692. The van der Waals surface area contributed by atoms with Crippen molar-refractivity contribution in [3.63, 3.8) is 0 Å². The number of aromatic nitrogens is 2. The second-order valence-electron chi connectivity index (χ2n) is 5.10. The van der Waals surface area contributed by atoms with Crippen molar-refractivity contribution in [1.82, 2.24) is 9.78 Å². The summed E-state index contributed by atoms with van der Waals surface area (Å²) in [6, 6.07) is 2.33. The first-order valence-electron chi connectivity index (χ1n) is 6.21. The zero-order valence-corrected chi connectivity index (χ0v) is 10.1. The molecule has 0 saturated heterocycles. The lowest BCUT2D eigenvalue weighted by molar-refractivity contribution is -0.119. The second kappa shape index (κ2) is 4.81.